The standard InChI is InChI=1S/C4H9N5/c1-8(2)4-9-3-5-6-7-9/h3H,4H2,1-2H3. The molecule has 0 amide bonds. The minimum Gasteiger partial charge on any atom is -0.290 e. The molecule has 0 fully saturated rings. The van der Waals surface area contributed by atoms with Crippen LogP contribution in [-0.4, -0.2) is 39.2 Å². The van der Waals surface area contributed by atoms with E-state index in [0.29, 0.717) is 0 Å². The summed E-state index contributed by atoms with van der Waals surface area (Å²) in [6, 6.07) is 0. The van der Waals surface area contributed by atoms with Crippen LogP contribution < -0.4 is 0 Å². The van der Waals surface area contributed by atoms with Crippen molar-refractivity contribution in [3.63, 3.8) is 0 Å². The smallest absolute Gasteiger partial charge is 0.139 e. The van der Waals surface area contributed by atoms with Gasteiger partial charge < -0.3 is 0 Å². The quantitative estimate of drug-likeness (QED) is 0.521. The summed E-state index contributed by atoms with van der Waals surface area (Å²) < 4.78 is 1.65. The number of aromatic nitrogens is 4. The van der Waals surface area contributed by atoms with Crippen molar-refractivity contribution in [1.82, 2.24) is 25.1 Å². The van der Waals surface area contributed by atoms with Gasteiger partial charge in [0.25, 0.3) is 0 Å². The van der Waals surface area contributed by atoms with Gasteiger partial charge in [-0.3, -0.25) is 4.90 Å². The van der Waals surface area contributed by atoms with Crippen LogP contribution in [0.25, 0.3) is 0 Å². The third kappa shape index (κ3) is 1.77. The van der Waals surface area contributed by atoms with Gasteiger partial charge in [-0.1, -0.05) is 0 Å². The molecule has 1 heterocycles. The highest BCUT2D eigenvalue weighted by molar-refractivity contribution is 4.43. The van der Waals surface area contributed by atoms with Crippen LogP contribution in [0.4, 0.5) is 0 Å². The van der Waals surface area contributed by atoms with E-state index < -0.39 is 0 Å². The Hall–Kier alpha value is -0.970. The van der Waals surface area contributed by atoms with Gasteiger partial charge >= 0.3 is 0 Å². The van der Waals surface area contributed by atoms with Crippen molar-refractivity contribution in [2.45, 2.75) is 6.67 Å². The normalized spacial score (nSPS) is 10.6. The first kappa shape index (κ1) is 6.15. The van der Waals surface area contributed by atoms with Crippen LogP contribution >= 0.6 is 0 Å². The average Bonchev–Trinajstić information content (AvgIpc) is 2.15. The Balaban J connectivity index is 2.48. The molecule has 0 aliphatic rings. The van der Waals surface area contributed by atoms with Crippen LogP contribution in [0.5, 0.6) is 0 Å². The maximum Gasteiger partial charge on any atom is 0.139 e. The molecule has 0 saturated heterocycles. The minimum atomic E-state index is 0.729. The largest absolute Gasteiger partial charge is 0.290 e. The lowest BCUT2D eigenvalue weighted by Crippen LogP contribution is -2.17. The van der Waals surface area contributed by atoms with E-state index in [-0.39, 0.29) is 0 Å². The van der Waals surface area contributed by atoms with Gasteiger partial charge in [0.05, 0.1) is 6.67 Å². The number of nitrogens with zero attached hydrogens (tertiary/aromatic N) is 5. The van der Waals surface area contributed by atoms with E-state index in [2.05, 4.69) is 15.5 Å². The Labute approximate surface area is 53.3 Å². The zero-order chi connectivity index (χ0) is 6.69. The van der Waals surface area contributed by atoms with Gasteiger partial charge in [-0.05, 0) is 24.5 Å². The second-order valence-electron chi connectivity index (χ2n) is 2.07. The molecule has 0 aliphatic heterocycles. The van der Waals surface area contributed by atoms with Crippen molar-refractivity contribution in [3.8, 4) is 0 Å². The lowest BCUT2D eigenvalue weighted by atomic mass is 10.9. The SMILES string of the molecule is CN(C)Cn1cnnn1. The van der Waals surface area contributed by atoms with E-state index >= 15 is 0 Å². The number of tetrazole rings is 1. The second-order valence-corrected chi connectivity index (χ2v) is 2.07. The summed E-state index contributed by atoms with van der Waals surface area (Å²) in [6.45, 7) is 0.729. The molecule has 0 radical (unpaired) electrons. The molecule has 1 aromatic rings. The van der Waals surface area contributed by atoms with Crippen molar-refractivity contribution in [2.75, 3.05) is 14.1 Å². The second kappa shape index (κ2) is 2.54. The maximum absolute atomic E-state index is 3.67. The van der Waals surface area contributed by atoms with Crippen molar-refractivity contribution >= 4 is 0 Å². The molecule has 0 spiro atoms. The van der Waals surface area contributed by atoms with Crippen molar-refractivity contribution in [1.29, 1.82) is 0 Å². The molecule has 0 unspecified atom stereocenters. The Morgan fingerprint density at radius 2 is 2.33 bits per heavy atom. The molecule has 0 aromatic carbocycles. The van der Waals surface area contributed by atoms with E-state index in [1.807, 2.05) is 19.0 Å². The molecule has 1 rings (SSSR count). The molecule has 1 aromatic heterocycles. The predicted molar refractivity (Wildman–Crippen MR) is 31.5 cm³/mol. The first-order valence-electron chi connectivity index (χ1n) is 2.64. The maximum atomic E-state index is 3.67. The van der Waals surface area contributed by atoms with Crippen LogP contribution in [0.1, 0.15) is 0 Å². The van der Waals surface area contributed by atoms with E-state index in [1.165, 1.54) is 0 Å². The van der Waals surface area contributed by atoms with Crippen molar-refractivity contribution in [2.24, 2.45) is 0 Å². The third-order valence-electron chi connectivity index (χ3n) is 0.819. The highest BCUT2D eigenvalue weighted by Crippen LogP contribution is 1.79. The molecular weight excluding hydrogens is 118 g/mol. The highest BCUT2D eigenvalue weighted by Gasteiger charge is 1.91. The van der Waals surface area contributed by atoms with Gasteiger partial charge in [-0.2, -0.15) is 0 Å². The Bertz CT molecular complexity index is 155. The number of hydrogen-bond acceptors (Lipinski definition) is 4. The molecular formula is C4H9N5. The molecule has 0 saturated carbocycles. The van der Waals surface area contributed by atoms with Crippen LogP contribution in [0.3, 0.4) is 0 Å². The molecule has 9 heavy (non-hydrogen) atoms. The molecule has 0 atom stereocenters. The van der Waals surface area contributed by atoms with Crippen LogP contribution in [0.2, 0.25) is 0 Å². The minimum absolute atomic E-state index is 0.729. The van der Waals surface area contributed by atoms with E-state index in [1.54, 1.807) is 11.0 Å². The first-order valence-corrected chi connectivity index (χ1v) is 2.64. The summed E-state index contributed by atoms with van der Waals surface area (Å²) in [4.78, 5) is 1.98. The van der Waals surface area contributed by atoms with Crippen LogP contribution in [-0.2, 0) is 6.67 Å². The fourth-order valence-electron chi connectivity index (χ4n) is 0.535. The van der Waals surface area contributed by atoms with Crippen LogP contribution in [0.15, 0.2) is 6.33 Å². The highest BCUT2D eigenvalue weighted by atomic mass is 15.5. The molecule has 0 bridgehead atoms. The van der Waals surface area contributed by atoms with Crippen LogP contribution in [0, 0.1) is 0 Å². The first-order chi connectivity index (χ1) is 4.29. The summed E-state index contributed by atoms with van der Waals surface area (Å²) in [5, 5.41) is 10.6. The molecule has 0 aliphatic carbocycles. The summed E-state index contributed by atoms with van der Waals surface area (Å²) in [6.07, 6.45) is 1.58. The van der Waals surface area contributed by atoms with Gasteiger partial charge in [-0.15, -0.1) is 5.10 Å². The summed E-state index contributed by atoms with van der Waals surface area (Å²) in [5.74, 6) is 0. The van der Waals surface area contributed by atoms with Gasteiger partial charge in [0.15, 0.2) is 0 Å². The fourth-order valence-corrected chi connectivity index (χ4v) is 0.535. The number of hydrogen-bond donors (Lipinski definition) is 0. The molecule has 50 valence electrons. The lowest BCUT2D eigenvalue weighted by Gasteiger charge is -2.06. The zero-order valence-corrected chi connectivity index (χ0v) is 5.52. The molecule has 5 nitrogen and oxygen atoms in total. The number of rotatable bonds is 2. The predicted octanol–water partition coefficient (Wildman–Crippen LogP) is -0.808. The Morgan fingerprint density at radius 1 is 1.56 bits per heavy atom. The van der Waals surface area contributed by atoms with Gasteiger partial charge in [0.1, 0.15) is 6.33 Å². The van der Waals surface area contributed by atoms with E-state index in [4.69, 9.17) is 0 Å². The summed E-state index contributed by atoms with van der Waals surface area (Å²) >= 11 is 0. The monoisotopic (exact) mass is 127 g/mol. The van der Waals surface area contributed by atoms with E-state index in [0.717, 1.165) is 6.67 Å². The third-order valence-corrected chi connectivity index (χ3v) is 0.819. The Morgan fingerprint density at radius 3 is 2.78 bits per heavy atom. The van der Waals surface area contributed by atoms with Crippen molar-refractivity contribution < 1.29 is 0 Å². The summed E-state index contributed by atoms with van der Waals surface area (Å²) in [7, 11) is 3.92. The van der Waals surface area contributed by atoms with Gasteiger partial charge in [-0.25, -0.2) is 4.68 Å². The zero-order valence-electron chi connectivity index (χ0n) is 5.52. The molecule has 0 N–H and O–H groups in total. The summed E-state index contributed by atoms with van der Waals surface area (Å²) in [5.41, 5.74) is 0. The topological polar surface area (TPSA) is 46.8 Å². The van der Waals surface area contributed by atoms with Crippen molar-refractivity contribution in [3.05, 3.63) is 6.33 Å². The lowest BCUT2D eigenvalue weighted by molar-refractivity contribution is 0.303. The Kier molecular flexibility index (Phi) is 1.74. The average molecular weight is 127 g/mol. The van der Waals surface area contributed by atoms with E-state index in [9.17, 15) is 0 Å². The van der Waals surface area contributed by atoms with Gasteiger partial charge in [0, 0.05) is 0 Å². The van der Waals surface area contributed by atoms with Gasteiger partial charge in [0.2, 0.25) is 0 Å². The fraction of sp³-hybridized carbons (Fsp3) is 0.750. The molecule has 5 heteroatoms.